The molecule has 0 saturated carbocycles. The highest BCUT2D eigenvalue weighted by Crippen LogP contribution is 2.15. The maximum Gasteiger partial charge on any atom is 0.217 e. The van der Waals surface area contributed by atoms with Crippen LogP contribution in [0.3, 0.4) is 0 Å². The molecule has 0 aliphatic heterocycles. The Morgan fingerprint density at radius 1 is 1.12 bits per heavy atom. The fourth-order valence-electron chi connectivity index (χ4n) is 2.78. The summed E-state index contributed by atoms with van der Waals surface area (Å²) in [4.78, 5) is 6.69. The number of rotatable bonds is 5. The van der Waals surface area contributed by atoms with Crippen LogP contribution in [0.15, 0.2) is 48.5 Å². The van der Waals surface area contributed by atoms with Crippen LogP contribution in [0.2, 0.25) is 0 Å². The molecule has 0 fully saturated rings. The molecular weight excluding hydrogens is 316 g/mol. The average Bonchev–Trinajstić information content (AvgIpc) is 2.92. The molecule has 0 spiro atoms. The van der Waals surface area contributed by atoms with Gasteiger partial charge in [-0.15, -0.1) is 0 Å². The second-order valence-corrected chi connectivity index (χ2v) is 6.60. The van der Waals surface area contributed by atoms with Gasteiger partial charge in [0.2, 0.25) is 4.77 Å². The van der Waals surface area contributed by atoms with E-state index in [1.807, 2.05) is 35.0 Å². The van der Waals surface area contributed by atoms with Crippen molar-refractivity contribution in [3.05, 3.63) is 70.0 Å². The number of aromatic amines is 1. The van der Waals surface area contributed by atoms with Gasteiger partial charge in [0, 0.05) is 12.1 Å². The van der Waals surface area contributed by atoms with Crippen LogP contribution < -0.4 is 0 Å². The summed E-state index contributed by atoms with van der Waals surface area (Å²) in [6.07, 6.45) is 0. The van der Waals surface area contributed by atoms with E-state index in [-0.39, 0.29) is 0 Å². The Bertz CT molecular complexity index is 880. The molecule has 0 aliphatic rings. The third kappa shape index (κ3) is 3.80. The van der Waals surface area contributed by atoms with Gasteiger partial charge in [0.25, 0.3) is 0 Å². The molecule has 4 nitrogen and oxygen atoms in total. The molecule has 2 aromatic carbocycles. The molecule has 0 radical (unpaired) electrons. The quantitative estimate of drug-likeness (QED) is 0.704. The molecule has 124 valence electrons. The molecule has 0 saturated heterocycles. The molecule has 3 aromatic rings. The number of aryl methyl sites for hydroxylation is 2. The third-order valence-corrected chi connectivity index (χ3v) is 4.36. The van der Waals surface area contributed by atoms with Gasteiger partial charge in [0.05, 0.1) is 6.67 Å². The minimum atomic E-state index is 0.571. The molecule has 24 heavy (non-hydrogen) atoms. The van der Waals surface area contributed by atoms with E-state index in [0.29, 0.717) is 11.4 Å². The summed E-state index contributed by atoms with van der Waals surface area (Å²) < 4.78 is 2.47. The minimum absolute atomic E-state index is 0.571. The molecule has 1 heterocycles. The summed E-state index contributed by atoms with van der Waals surface area (Å²) in [5.41, 5.74) is 4.99. The van der Waals surface area contributed by atoms with Crippen molar-refractivity contribution >= 4 is 12.2 Å². The maximum absolute atomic E-state index is 5.39. The summed E-state index contributed by atoms with van der Waals surface area (Å²) in [5.74, 6) is 0.806. The van der Waals surface area contributed by atoms with Gasteiger partial charge in [-0.1, -0.05) is 54.1 Å². The first-order valence-electron chi connectivity index (χ1n) is 8.00. The Kier molecular flexibility index (Phi) is 4.92. The Balaban J connectivity index is 1.74. The second kappa shape index (κ2) is 7.11. The van der Waals surface area contributed by atoms with Crippen LogP contribution in [0.1, 0.15) is 16.7 Å². The van der Waals surface area contributed by atoms with E-state index >= 15 is 0 Å². The molecule has 0 atom stereocenters. The number of nitrogens with zero attached hydrogens (tertiary/aromatic N) is 3. The zero-order valence-electron chi connectivity index (χ0n) is 14.3. The highest BCUT2D eigenvalue weighted by atomic mass is 32.1. The van der Waals surface area contributed by atoms with Crippen molar-refractivity contribution in [1.82, 2.24) is 19.7 Å². The van der Waals surface area contributed by atoms with Gasteiger partial charge in [-0.2, -0.15) is 4.98 Å². The summed E-state index contributed by atoms with van der Waals surface area (Å²) >= 11 is 5.39. The van der Waals surface area contributed by atoms with Crippen molar-refractivity contribution in [1.29, 1.82) is 0 Å². The van der Waals surface area contributed by atoms with Crippen LogP contribution in [0, 0.1) is 18.6 Å². The zero-order chi connectivity index (χ0) is 17.1. The molecule has 0 amide bonds. The molecule has 0 unspecified atom stereocenters. The van der Waals surface area contributed by atoms with Crippen LogP contribution in [-0.2, 0) is 13.2 Å². The number of nitrogens with one attached hydrogen (secondary N) is 1. The summed E-state index contributed by atoms with van der Waals surface area (Å²) in [6, 6.07) is 16.6. The lowest BCUT2D eigenvalue weighted by atomic mass is 10.1. The topological polar surface area (TPSA) is 36.9 Å². The van der Waals surface area contributed by atoms with Crippen LogP contribution >= 0.6 is 12.2 Å². The van der Waals surface area contributed by atoms with Crippen LogP contribution in [-0.4, -0.2) is 26.7 Å². The SMILES string of the molecule is Cc1ccc(CN(C)Cn2[nH]c(-c3ccccc3)nc2=S)c(C)c1. The van der Waals surface area contributed by atoms with Crippen molar-refractivity contribution in [2.24, 2.45) is 0 Å². The van der Waals surface area contributed by atoms with Crippen molar-refractivity contribution in [3.63, 3.8) is 0 Å². The fraction of sp³-hybridized carbons (Fsp3) is 0.263. The lowest BCUT2D eigenvalue weighted by molar-refractivity contribution is 0.244. The van der Waals surface area contributed by atoms with Crippen LogP contribution in [0.25, 0.3) is 11.4 Å². The number of benzene rings is 2. The van der Waals surface area contributed by atoms with Gasteiger partial charge >= 0.3 is 0 Å². The smallest absolute Gasteiger partial charge is 0.217 e. The van der Waals surface area contributed by atoms with E-state index in [0.717, 1.165) is 17.9 Å². The summed E-state index contributed by atoms with van der Waals surface area (Å²) in [5, 5.41) is 3.30. The van der Waals surface area contributed by atoms with Gasteiger partial charge in [0.15, 0.2) is 5.82 Å². The molecular formula is C19H22N4S. The van der Waals surface area contributed by atoms with E-state index in [1.165, 1.54) is 16.7 Å². The number of hydrogen-bond donors (Lipinski definition) is 1. The maximum atomic E-state index is 5.39. The van der Waals surface area contributed by atoms with Gasteiger partial charge in [-0.25, -0.2) is 4.68 Å². The number of H-pyrrole nitrogens is 1. The van der Waals surface area contributed by atoms with Crippen LogP contribution in [0.5, 0.6) is 0 Å². The fourth-order valence-corrected chi connectivity index (χ4v) is 2.98. The highest BCUT2D eigenvalue weighted by Gasteiger charge is 2.08. The summed E-state index contributed by atoms with van der Waals surface area (Å²) in [6.45, 7) is 5.82. The minimum Gasteiger partial charge on any atom is -0.283 e. The van der Waals surface area contributed by atoms with Crippen molar-refractivity contribution in [2.75, 3.05) is 7.05 Å². The normalized spacial score (nSPS) is 11.2. The Labute approximate surface area is 147 Å². The van der Waals surface area contributed by atoms with Gasteiger partial charge < -0.3 is 0 Å². The van der Waals surface area contributed by atoms with E-state index < -0.39 is 0 Å². The number of hydrogen-bond acceptors (Lipinski definition) is 3. The molecule has 1 aromatic heterocycles. The van der Waals surface area contributed by atoms with Crippen LogP contribution in [0.4, 0.5) is 0 Å². The lowest BCUT2D eigenvalue weighted by Gasteiger charge is -2.18. The Hall–Kier alpha value is -2.24. The van der Waals surface area contributed by atoms with E-state index in [9.17, 15) is 0 Å². The first-order chi connectivity index (χ1) is 11.5. The predicted molar refractivity (Wildman–Crippen MR) is 100 cm³/mol. The molecule has 0 bridgehead atoms. The largest absolute Gasteiger partial charge is 0.283 e. The highest BCUT2D eigenvalue weighted by molar-refractivity contribution is 7.71. The summed E-state index contributed by atoms with van der Waals surface area (Å²) in [7, 11) is 2.09. The Morgan fingerprint density at radius 3 is 2.58 bits per heavy atom. The van der Waals surface area contributed by atoms with Gasteiger partial charge in [0.1, 0.15) is 0 Å². The van der Waals surface area contributed by atoms with Gasteiger partial charge in [-0.05, 0) is 44.2 Å². The predicted octanol–water partition coefficient (Wildman–Crippen LogP) is 4.31. The third-order valence-electron chi connectivity index (χ3n) is 4.05. The first kappa shape index (κ1) is 16.6. The molecule has 1 N–H and O–H groups in total. The standard InChI is InChI=1S/C19H22N4S/c1-14-9-10-17(15(2)11-14)12-22(3)13-23-19(24)20-18(21-23)16-7-5-4-6-8-16/h4-11H,12-13H2,1-3H3,(H,20,21,24). The van der Waals surface area contributed by atoms with Crippen molar-refractivity contribution in [3.8, 4) is 11.4 Å². The molecule has 0 aliphatic carbocycles. The van der Waals surface area contributed by atoms with E-state index in [4.69, 9.17) is 12.2 Å². The van der Waals surface area contributed by atoms with E-state index in [2.05, 4.69) is 54.1 Å². The Morgan fingerprint density at radius 2 is 1.88 bits per heavy atom. The second-order valence-electron chi connectivity index (χ2n) is 6.23. The first-order valence-corrected chi connectivity index (χ1v) is 8.40. The monoisotopic (exact) mass is 338 g/mol. The average molecular weight is 338 g/mol. The van der Waals surface area contributed by atoms with Crippen molar-refractivity contribution in [2.45, 2.75) is 27.1 Å². The van der Waals surface area contributed by atoms with Crippen molar-refractivity contribution < 1.29 is 0 Å². The van der Waals surface area contributed by atoms with E-state index in [1.54, 1.807) is 0 Å². The van der Waals surface area contributed by atoms with Gasteiger partial charge in [-0.3, -0.25) is 10.00 Å². The zero-order valence-corrected chi connectivity index (χ0v) is 15.1. The molecule has 5 heteroatoms. The number of aromatic nitrogens is 3. The molecule has 3 rings (SSSR count). The lowest BCUT2D eigenvalue weighted by Crippen LogP contribution is -2.23.